The number of ether oxygens (including phenoxy) is 2. The van der Waals surface area contributed by atoms with E-state index in [1.54, 1.807) is 6.07 Å². The van der Waals surface area contributed by atoms with Gasteiger partial charge in [0.05, 0.1) is 12.1 Å². The predicted octanol–water partition coefficient (Wildman–Crippen LogP) is 3.02. The average molecular weight is 389 g/mol. The van der Waals surface area contributed by atoms with Crippen LogP contribution < -0.4 is 15.2 Å². The number of carbonyl (C=O) groups excluding carboxylic acids is 2. The van der Waals surface area contributed by atoms with E-state index in [0.29, 0.717) is 12.1 Å². The number of methoxy groups -OCH3 is 1. The monoisotopic (exact) mass is 388 g/mol. The molecule has 2 aromatic rings. The summed E-state index contributed by atoms with van der Waals surface area (Å²) in [5.74, 6) is -0.280. The van der Waals surface area contributed by atoms with Gasteiger partial charge >= 0.3 is 0 Å². The Morgan fingerprint density at radius 3 is 2.52 bits per heavy atom. The second kappa shape index (κ2) is 8.31. The molecular formula is C20H21ClN2O4. The summed E-state index contributed by atoms with van der Waals surface area (Å²) in [6.45, 7) is 0.204. The van der Waals surface area contributed by atoms with Gasteiger partial charge in [-0.05, 0) is 30.5 Å². The summed E-state index contributed by atoms with van der Waals surface area (Å²) >= 11 is 6.27. The van der Waals surface area contributed by atoms with E-state index in [4.69, 9.17) is 26.8 Å². The average Bonchev–Trinajstić information content (AvgIpc) is 3.49. The topological polar surface area (TPSA) is 81.9 Å². The van der Waals surface area contributed by atoms with Gasteiger partial charge in [0.15, 0.2) is 18.1 Å². The molecule has 0 aromatic heterocycles. The maximum Gasteiger partial charge on any atom is 0.255 e. The van der Waals surface area contributed by atoms with Crippen LogP contribution >= 0.6 is 11.6 Å². The van der Waals surface area contributed by atoms with Crippen molar-refractivity contribution >= 4 is 23.4 Å². The van der Waals surface area contributed by atoms with Crippen molar-refractivity contribution in [3.05, 3.63) is 58.6 Å². The molecule has 7 heteroatoms. The van der Waals surface area contributed by atoms with Crippen molar-refractivity contribution in [2.45, 2.75) is 25.4 Å². The first-order chi connectivity index (χ1) is 13.0. The van der Waals surface area contributed by atoms with Crippen LogP contribution in [0.2, 0.25) is 5.02 Å². The lowest BCUT2D eigenvalue weighted by atomic mass is 10.1. The van der Waals surface area contributed by atoms with Crippen LogP contribution in [0.15, 0.2) is 42.5 Å². The van der Waals surface area contributed by atoms with Crippen LogP contribution in [-0.2, 0) is 11.3 Å². The maximum atomic E-state index is 13.1. The van der Waals surface area contributed by atoms with E-state index in [-0.39, 0.29) is 35.1 Å². The third-order valence-electron chi connectivity index (χ3n) is 4.28. The van der Waals surface area contributed by atoms with Crippen molar-refractivity contribution in [1.82, 2.24) is 4.90 Å². The molecule has 0 bridgehead atoms. The van der Waals surface area contributed by atoms with Crippen molar-refractivity contribution in [3.8, 4) is 11.5 Å². The standard InChI is InChI=1S/C20H21ClN2O4/c1-26-17-10-14(9-16(21)19(17)27-12-18(22)24)20(25)23(15-7-8-15)11-13-5-3-2-4-6-13/h2-6,9-10,15H,7-8,11-12H2,1H3,(H2,22,24). The zero-order chi connectivity index (χ0) is 19.4. The van der Waals surface area contributed by atoms with Gasteiger partial charge in [-0.15, -0.1) is 0 Å². The highest BCUT2D eigenvalue weighted by Crippen LogP contribution is 2.38. The molecule has 0 saturated heterocycles. The normalized spacial score (nSPS) is 13.1. The molecular weight excluding hydrogens is 368 g/mol. The van der Waals surface area contributed by atoms with E-state index < -0.39 is 5.91 Å². The Morgan fingerprint density at radius 1 is 1.22 bits per heavy atom. The molecule has 142 valence electrons. The van der Waals surface area contributed by atoms with Crippen LogP contribution in [0.1, 0.15) is 28.8 Å². The summed E-state index contributed by atoms with van der Waals surface area (Å²) in [5.41, 5.74) is 6.58. The smallest absolute Gasteiger partial charge is 0.255 e. The molecule has 6 nitrogen and oxygen atoms in total. The second-order valence-corrected chi connectivity index (χ2v) is 6.80. The van der Waals surface area contributed by atoms with E-state index in [0.717, 1.165) is 18.4 Å². The summed E-state index contributed by atoms with van der Waals surface area (Å²) in [7, 11) is 1.44. The quantitative estimate of drug-likeness (QED) is 0.753. The molecule has 1 saturated carbocycles. The molecule has 2 N–H and O–H groups in total. The molecule has 2 aromatic carbocycles. The van der Waals surface area contributed by atoms with Gasteiger partial charge in [0.1, 0.15) is 0 Å². The number of amides is 2. The third-order valence-corrected chi connectivity index (χ3v) is 4.56. The fourth-order valence-electron chi connectivity index (χ4n) is 2.83. The summed E-state index contributed by atoms with van der Waals surface area (Å²) in [6, 6.07) is 13.2. The molecule has 2 amide bonds. The minimum atomic E-state index is -0.629. The number of halogens is 1. The predicted molar refractivity (Wildman–Crippen MR) is 102 cm³/mol. The number of nitrogens with two attached hydrogens (primary N) is 1. The van der Waals surface area contributed by atoms with Gasteiger partial charge in [-0.25, -0.2) is 0 Å². The first-order valence-electron chi connectivity index (χ1n) is 8.63. The Morgan fingerprint density at radius 2 is 1.93 bits per heavy atom. The second-order valence-electron chi connectivity index (χ2n) is 6.39. The van der Waals surface area contributed by atoms with Crippen LogP contribution in [0.3, 0.4) is 0 Å². The van der Waals surface area contributed by atoms with Crippen molar-refractivity contribution in [2.75, 3.05) is 13.7 Å². The number of nitrogens with zero attached hydrogens (tertiary/aromatic N) is 1. The molecule has 1 aliphatic rings. The van der Waals surface area contributed by atoms with Gasteiger partial charge in [0.25, 0.3) is 11.8 Å². The molecule has 0 heterocycles. The summed E-state index contributed by atoms with van der Waals surface area (Å²) in [6.07, 6.45) is 1.98. The largest absolute Gasteiger partial charge is 0.493 e. The van der Waals surface area contributed by atoms with Gasteiger partial charge in [-0.1, -0.05) is 41.9 Å². The lowest BCUT2D eigenvalue weighted by molar-refractivity contribution is -0.119. The zero-order valence-electron chi connectivity index (χ0n) is 15.0. The number of hydrogen-bond donors (Lipinski definition) is 1. The Labute approximate surface area is 162 Å². The maximum absolute atomic E-state index is 13.1. The van der Waals surface area contributed by atoms with Crippen LogP contribution in [0.4, 0.5) is 0 Å². The number of rotatable bonds is 8. The van der Waals surface area contributed by atoms with Crippen molar-refractivity contribution in [2.24, 2.45) is 5.73 Å². The van der Waals surface area contributed by atoms with Crippen molar-refractivity contribution in [1.29, 1.82) is 0 Å². The lowest BCUT2D eigenvalue weighted by Crippen LogP contribution is -2.32. The summed E-state index contributed by atoms with van der Waals surface area (Å²) < 4.78 is 10.6. The molecule has 27 heavy (non-hydrogen) atoms. The fourth-order valence-corrected chi connectivity index (χ4v) is 3.09. The first-order valence-corrected chi connectivity index (χ1v) is 9.01. The lowest BCUT2D eigenvalue weighted by Gasteiger charge is -2.23. The highest BCUT2D eigenvalue weighted by molar-refractivity contribution is 6.32. The van der Waals surface area contributed by atoms with Gasteiger partial charge in [0, 0.05) is 18.2 Å². The third kappa shape index (κ3) is 4.71. The highest BCUT2D eigenvalue weighted by Gasteiger charge is 2.33. The Hall–Kier alpha value is -2.73. The minimum absolute atomic E-state index is 0.122. The molecule has 0 spiro atoms. The minimum Gasteiger partial charge on any atom is -0.493 e. The van der Waals surface area contributed by atoms with Gasteiger partial charge in [-0.3, -0.25) is 9.59 Å². The van der Waals surface area contributed by atoms with Gasteiger partial charge in [-0.2, -0.15) is 0 Å². The summed E-state index contributed by atoms with van der Waals surface area (Å²) in [5, 5.41) is 0.189. The molecule has 1 fully saturated rings. The highest BCUT2D eigenvalue weighted by atomic mass is 35.5. The van der Waals surface area contributed by atoms with E-state index in [9.17, 15) is 9.59 Å². The van der Waals surface area contributed by atoms with Crippen LogP contribution in [0.5, 0.6) is 11.5 Å². The number of primary amides is 1. The van der Waals surface area contributed by atoms with E-state index in [2.05, 4.69) is 0 Å². The Bertz CT molecular complexity index is 837. The van der Waals surface area contributed by atoms with Gasteiger partial charge in [0.2, 0.25) is 0 Å². The van der Waals surface area contributed by atoms with E-state index in [1.807, 2.05) is 35.2 Å². The first kappa shape index (κ1) is 19.0. The zero-order valence-corrected chi connectivity index (χ0v) is 15.7. The molecule has 0 atom stereocenters. The molecule has 1 aliphatic carbocycles. The van der Waals surface area contributed by atoms with Crippen LogP contribution in [-0.4, -0.2) is 36.5 Å². The SMILES string of the molecule is COc1cc(C(=O)N(Cc2ccccc2)C2CC2)cc(Cl)c1OCC(N)=O. The van der Waals surface area contributed by atoms with E-state index >= 15 is 0 Å². The molecule has 0 unspecified atom stereocenters. The Kier molecular flexibility index (Phi) is 5.86. The number of benzene rings is 2. The van der Waals surface area contributed by atoms with Crippen molar-refractivity contribution in [3.63, 3.8) is 0 Å². The van der Waals surface area contributed by atoms with E-state index in [1.165, 1.54) is 13.2 Å². The number of carbonyl (C=O) groups is 2. The fraction of sp³-hybridized carbons (Fsp3) is 0.300. The molecule has 0 radical (unpaired) electrons. The summed E-state index contributed by atoms with van der Waals surface area (Å²) in [4.78, 5) is 25.9. The van der Waals surface area contributed by atoms with Crippen LogP contribution in [0, 0.1) is 0 Å². The number of hydrogen-bond acceptors (Lipinski definition) is 4. The molecule has 3 rings (SSSR count). The Balaban J connectivity index is 1.86. The van der Waals surface area contributed by atoms with Gasteiger partial charge < -0.3 is 20.1 Å². The van der Waals surface area contributed by atoms with Crippen LogP contribution in [0.25, 0.3) is 0 Å². The van der Waals surface area contributed by atoms with Crippen molar-refractivity contribution < 1.29 is 19.1 Å². The molecule has 0 aliphatic heterocycles.